The second kappa shape index (κ2) is 20.0. The van der Waals surface area contributed by atoms with E-state index in [9.17, 15) is 22.8 Å². The van der Waals surface area contributed by atoms with Crippen LogP contribution in [0.5, 0.6) is 0 Å². The van der Waals surface area contributed by atoms with Crippen LogP contribution in [-0.2, 0) is 34.0 Å². The van der Waals surface area contributed by atoms with Gasteiger partial charge in [-0.2, -0.15) is 8.42 Å². The molecule has 8 saturated carbocycles. The van der Waals surface area contributed by atoms with Crippen LogP contribution >= 0.6 is 47.0 Å². The average Bonchev–Trinajstić information content (AvgIpc) is 4.16. The number of carbonyl (C=O) groups excluding carboxylic acids is 3. The van der Waals surface area contributed by atoms with Gasteiger partial charge >= 0.3 is 0 Å². The standard InChI is InChI=1S/C8H11NOS2.C8H10OS2.C7H8O3S.C6H7NO2.C6H8O.C4H8O.C2H4O2/c10-9-7-4-5-3-6(5)8(7)11-1-2-12-8;9-7-4-5-3-6(5)8(7)10-1-2-11-8;1-6-2-4-7(5-3-6)11(8,9)10;8-6-4-1-3(4)2-5(6)7-9;7-6-2-1-4-3-5(4)6;1-2-4-5-3-1;1-2(3)4/h5-6,10H,1-4H2;5-6H,1-4H2;2-5H,1H3,(H,8,9,10);3-4,9H,1-2H2;4-5H,1-3H2;1-4H2;1H3,(H,3,4)/b9-7+;;;;;;/t2*5-,6-;;3-,4-;4-,5+;;/m11.10../s1. The number of carbonyl (C=O) groups is 4. The third-order valence-corrected chi connectivity index (χ3v) is 20.7. The van der Waals surface area contributed by atoms with Crippen LogP contribution in [0, 0.1) is 54.3 Å². The van der Waals surface area contributed by atoms with Gasteiger partial charge in [-0.15, -0.1) is 47.0 Å². The molecule has 12 rings (SSSR count). The highest BCUT2D eigenvalue weighted by Gasteiger charge is 2.65. The molecule has 3 saturated heterocycles. The maximum absolute atomic E-state index is 11.6. The predicted molar refractivity (Wildman–Crippen MR) is 233 cm³/mol. The third-order valence-electron chi connectivity index (χ3n) is 12.4. The zero-order valence-electron chi connectivity index (χ0n) is 33.5. The monoisotopic (exact) mass is 912 g/mol. The minimum Gasteiger partial charge on any atom is -0.481 e. The Labute approximate surface area is 363 Å². The van der Waals surface area contributed by atoms with Crippen molar-refractivity contribution in [3.05, 3.63) is 29.8 Å². The maximum Gasteiger partial charge on any atom is 0.300 e. The zero-order chi connectivity index (χ0) is 42.5. The normalized spacial score (nSPS) is 34.4. The fourth-order valence-electron chi connectivity index (χ4n) is 8.93. The molecule has 1 aromatic carbocycles. The molecule has 59 heavy (non-hydrogen) atoms. The van der Waals surface area contributed by atoms with E-state index in [0.717, 1.165) is 86.7 Å². The number of rotatable bonds is 1. The first kappa shape index (κ1) is 46.4. The van der Waals surface area contributed by atoms with Gasteiger partial charge in [-0.25, -0.2) is 0 Å². The molecule has 3 heterocycles. The first-order chi connectivity index (χ1) is 28.1. The lowest BCUT2D eigenvalue weighted by atomic mass is 10.2. The van der Waals surface area contributed by atoms with Crippen LogP contribution in [0.25, 0.3) is 0 Å². The molecule has 4 N–H and O–H groups in total. The van der Waals surface area contributed by atoms with Crippen LogP contribution in [0.4, 0.5) is 0 Å². The summed E-state index contributed by atoms with van der Waals surface area (Å²) in [6.07, 6.45) is 12.3. The molecule has 0 amide bonds. The molecule has 1 aromatic rings. The highest BCUT2D eigenvalue weighted by atomic mass is 32.2. The van der Waals surface area contributed by atoms with Crippen molar-refractivity contribution in [1.29, 1.82) is 0 Å². The smallest absolute Gasteiger partial charge is 0.300 e. The Morgan fingerprint density at radius 1 is 0.763 bits per heavy atom. The van der Waals surface area contributed by atoms with Crippen molar-refractivity contribution in [2.75, 3.05) is 36.2 Å². The lowest BCUT2D eigenvalue weighted by Crippen LogP contribution is -2.27. The van der Waals surface area contributed by atoms with Gasteiger partial charge in [0.25, 0.3) is 16.1 Å². The molecule has 2 spiro atoms. The second-order valence-corrected chi connectivity index (χ2v) is 24.1. The zero-order valence-corrected chi connectivity index (χ0v) is 37.6. The molecule has 11 aliphatic rings. The highest BCUT2D eigenvalue weighted by Crippen LogP contribution is 2.68. The number of nitrogens with zero attached hydrogens (tertiary/aromatic N) is 2. The minimum atomic E-state index is -4.02. The lowest BCUT2D eigenvalue weighted by Gasteiger charge is -2.23. The van der Waals surface area contributed by atoms with Gasteiger partial charge in [0, 0.05) is 74.2 Å². The van der Waals surface area contributed by atoms with Crippen molar-refractivity contribution in [1.82, 2.24) is 0 Å². The summed E-state index contributed by atoms with van der Waals surface area (Å²) in [5, 5.41) is 30.9. The van der Waals surface area contributed by atoms with Crippen LogP contribution in [0.2, 0.25) is 0 Å². The van der Waals surface area contributed by atoms with Gasteiger partial charge in [-0.05, 0) is 106 Å². The summed E-state index contributed by atoms with van der Waals surface area (Å²) in [7, 11) is -4.02. The van der Waals surface area contributed by atoms with E-state index < -0.39 is 16.1 Å². The van der Waals surface area contributed by atoms with Gasteiger partial charge in [0.05, 0.1) is 10.6 Å². The number of oxime groups is 2. The Bertz CT molecular complexity index is 1860. The Morgan fingerprint density at radius 2 is 1.31 bits per heavy atom. The largest absolute Gasteiger partial charge is 0.481 e. The first-order valence-electron chi connectivity index (χ1n) is 20.5. The summed E-state index contributed by atoms with van der Waals surface area (Å²) >= 11 is 7.86. The Morgan fingerprint density at radius 3 is 1.66 bits per heavy atom. The van der Waals surface area contributed by atoms with Gasteiger partial charge < -0.3 is 20.3 Å². The van der Waals surface area contributed by atoms with E-state index >= 15 is 0 Å². The number of carboxylic acid groups (broad SMARTS) is 1. The molecule has 3 aliphatic heterocycles. The van der Waals surface area contributed by atoms with E-state index in [1.165, 1.54) is 73.7 Å². The number of benzene rings is 1. The number of ether oxygens (including phenoxy) is 1. The summed E-state index contributed by atoms with van der Waals surface area (Å²) in [6.45, 7) is 4.92. The fraction of sp³-hybridized carbons (Fsp3) is 0.707. The first-order valence-corrected chi connectivity index (χ1v) is 25.9. The summed E-state index contributed by atoms with van der Waals surface area (Å²) < 4.78 is 34.8. The highest BCUT2D eigenvalue weighted by molar-refractivity contribution is 8.22. The summed E-state index contributed by atoms with van der Waals surface area (Å²) in [5.74, 6) is 10.6. The number of ketones is 3. The van der Waals surface area contributed by atoms with Crippen molar-refractivity contribution in [2.24, 2.45) is 57.7 Å². The van der Waals surface area contributed by atoms with Gasteiger partial charge in [0.2, 0.25) is 0 Å². The van der Waals surface area contributed by atoms with Gasteiger partial charge in [-0.1, -0.05) is 28.0 Å². The van der Waals surface area contributed by atoms with Crippen molar-refractivity contribution >= 4 is 91.9 Å². The van der Waals surface area contributed by atoms with E-state index in [1.807, 2.05) is 54.0 Å². The van der Waals surface area contributed by atoms with Gasteiger partial charge in [0.1, 0.15) is 19.7 Å². The molecule has 8 atom stereocenters. The van der Waals surface area contributed by atoms with Gasteiger partial charge in [0.15, 0.2) is 11.6 Å². The maximum atomic E-state index is 11.6. The number of thioether (sulfide) groups is 4. The van der Waals surface area contributed by atoms with Crippen molar-refractivity contribution in [3.63, 3.8) is 0 Å². The predicted octanol–water partition coefficient (Wildman–Crippen LogP) is 7.34. The topological polar surface area (TPSA) is 217 Å². The Hall–Kier alpha value is -2.09. The van der Waals surface area contributed by atoms with Crippen molar-refractivity contribution in [3.8, 4) is 0 Å². The van der Waals surface area contributed by atoms with E-state index in [0.29, 0.717) is 35.5 Å². The molecule has 0 radical (unpaired) electrons. The molecule has 13 nitrogen and oxygen atoms in total. The molecule has 18 heteroatoms. The fourth-order valence-corrected chi connectivity index (χ4v) is 16.7. The van der Waals surface area contributed by atoms with E-state index in [1.54, 1.807) is 12.1 Å². The number of aryl methyl sites for hydroxylation is 1. The van der Waals surface area contributed by atoms with Crippen LogP contribution in [-0.4, -0.2) is 108 Å². The summed E-state index contributed by atoms with van der Waals surface area (Å²) in [5.41, 5.74) is 2.41. The number of hydrogen-bond acceptors (Lipinski definition) is 15. The molecule has 11 fully saturated rings. The molecule has 326 valence electrons. The molecule has 0 bridgehead atoms. The van der Waals surface area contributed by atoms with Crippen LogP contribution < -0.4 is 0 Å². The van der Waals surface area contributed by atoms with Crippen molar-refractivity contribution < 1.29 is 52.4 Å². The minimum absolute atomic E-state index is 0.0666. The summed E-state index contributed by atoms with van der Waals surface area (Å²) in [6, 6.07) is 5.99. The SMILES string of the molecule is C1CCOC1.CC(=O)O.Cc1ccc(S(=O)(=O)O)cc1.O/N=C1\C[C@H]2C[C@H]2C12SCCS2.O=C1C(=NO)C[C@H]2C[C@@H]12.O=C1CC[C@H]2C[C@@H]12.O=C1C[C@H]2C[C@H]2C12SCCS2. The van der Waals surface area contributed by atoms with Crippen molar-refractivity contribution in [2.45, 2.75) is 97.5 Å². The second-order valence-electron chi connectivity index (χ2n) is 16.8. The van der Waals surface area contributed by atoms with E-state index in [-0.39, 0.29) is 24.8 Å². The number of Topliss-reactive ketones (excluding diaryl/α,β-unsaturated/α-hetero) is 3. The lowest BCUT2D eigenvalue weighted by molar-refractivity contribution is -0.134. The number of fused-ring (bicyclic) bond motifs is 6. The number of hydrogen-bond donors (Lipinski definition) is 4. The number of carboxylic acids is 1. The molecule has 0 unspecified atom stereocenters. The number of aliphatic carboxylic acids is 1. The van der Waals surface area contributed by atoms with Crippen LogP contribution in [0.1, 0.15) is 83.1 Å². The van der Waals surface area contributed by atoms with E-state index in [2.05, 4.69) is 10.3 Å². The quantitative estimate of drug-likeness (QED) is 0.123. The van der Waals surface area contributed by atoms with E-state index in [4.69, 9.17) is 29.6 Å². The molecule has 8 aliphatic carbocycles. The third kappa shape index (κ3) is 11.7. The Balaban J connectivity index is 0.000000119. The Kier molecular flexibility index (Phi) is 15.7. The van der Waals surface area contributed by atoms with Gasteiger partial charge in [-0.3, -0.25) is 23.7 Å². The molecule has 0 aromatic heterocycles. The molecular weight excluding hydrogens is 857 g/mol. The average molecular weight is 913 g/mol. The van der Waals surface area contributed by atoms with Crippen LogP contribution in [0.3, 0.4) is 0 Å². The van der Waals surface area contributed by atoms with Crippen LogP contribution in [0.15, 0.2) is 39.5 Å². The molecular formula is C41H56N2O11S5. The summed E-state index contributed by atoms with van der Waals surface area (Å²) in [4.78, 5) is 42.0.